The number of aromatic nitrogens is 1. The van der Waals surface area contributed by atoms with E-state index in [1.807, 2.05) is 17.4 Å². The Morgan fingerprint density at radius 1 is 0.500 bits per heavy atom. The van der Waals surface area contributed by atoms with Crippen LogP contribution in [0.1, 0.15) is 30.0 Å². The Bertz CT molecular complexity index is 3930. The quantitative estimate of drug-likeness (QED) is 0.175. The van der Waals surface area contributed by atoms with Crippen molar-refractivity contribution in [3.63, 3.8) is 0 Å². The molecule has 0 aliphatic carbocycles. The van der Waals surface area contributed by atoms with Crippen LogP contribution in [0, 0.1) is 5.92 Å². The largest absolute Gasteiger partial charge is 0.456 e. The van der Waals surface area contributed by atoms with E-state index in [2.05, 4.69) is 193 Å². The van der Waals surface area contributed by atoms with E-state index in [1.165, 1.54) is 47.1 Å². The number of nitrogens with zero attached hydrogens (tertiary/aromatic N) is 3. The van der Waals surface area contributed by atoms with E-state index in [0.717, 1.165) is 78.6 Å². The molecule has 292 valence electrons. The minimum atomic E-state index is 0.0938. The van der Waals surface area contributed by atoms with Crippen molar-refractivity contribution in [2.45, 2.75) is 13.3 Å². The average Bonchev–Trinajstić information content (AvgIpc) is 3.98. The summed E-state index contributed by atoms with van der Waals surface area (Å²) in [6.07, 6.45) is 3.08. The highest BCUT2D eigenvalue weighted by Gasteiger charge is 2.24. The molecule has 1 aliphatic rings. The Morgan fingerprint density at radius 3 is 2.06 bits per heavy atom. The summed E-state index contributed by atoms with van der Waals surface area (Å²) in [5.41, 5.74) is 10.0. The molecule has 62 heavy (non-hydrogen) atoms. The van der Waals surface area contributed by atoms with Gasteiger partial charge in [-0.3, -0.25) is 0 Å². The molecule has 0 N–H and O–H groups in total. The highest BCUT2D eigenvalue weighted by atomic mass is 32.1. The van der Waals surface area contributed by atoms with Crippen LogP contribution in [0.15, 0.2) is 202 Å². The predicted octanol–water partition coefficient (Wildman–Crippen LogP) is 15.7. The topological polar surface area (TPSA) is 42.8 Å². The summed E-state index contributed by atoms with van der Waals surface area (Å²) in [6, 6.07) is 65.6. The summed E-state index contributed by atoms with van der Waals surface area (Å²) in [4.78, 5) is 11.3. The van der Waals surface area contributed by atoms with Crippen LogP contribution in [0.2, 0.25) is 0 Å². The van der Waals surface area contributed by atoms with Crippen LogP contribution in [0.4, 0.5) is 0 Å². The van der Waals surface area contributed by atoms with Crippen LogP contribution >= 0.6 is 11.3 Å². The predicted molar refractivity (Wildman–Crippen MR) is 264 cm³/mol. The van der Waals surface area contributed by atoms with Gasteiger partial charge in [0.2, 0.25) is 0 Å². The molecule has 12 aromatic rings. The van der Waals surface area contributed by atoms with Gasteiger partial charge in [0, 0.05) is 58.8 Å². The molecule has 1 aliphatic heterocycles. The number of fused-ring (bicyclic) bond motifs is 11. The first kappa shape index (κ1) is 35.2. The molecule has 1 unspecified atom stereocenters. The van der Waals surface area contributed by atoms with E-state index in [1.54, 1.807) is 0 Å². The molecule has 5 heteroatoms. The Morgan fingerprint density at radius 2 is 1.19 bits per heavy atom. The second-order valence-corrected chi connectivity index (χ2v) is 17.6. The van der Waals surface area contributed by atoms with Crippen molar-refractivity contribution >= 4 is 114 Å². The van der Waals surface area contributed by atoms with Crippen molar-refractivity contribution < 1.29 is 4.42 Å². The molecule has 4 heterocycles. The lowest BCUT2D eigenvalue weighted by Gasteiger charge is -2.20. The monoisotopic (exact) mass is 811 g/mol. The van der Waals surface area contributed by atoms with Gasteiger partial charge in [-0.15, -0.1) is 11.3 Å². The molecule has 4 nitrogen and oxygen atoms in total. The number of allylic oxidation sites excluding steroid dienone is 1. The summed E-state index contributed by atoms with van der Waals surface area (Å²) in [6.45, 7) is 2.30. The normalized spacial score (nSPS) is 15.8. The Kier molecular flexibility index (Phi) is 7.78. The summed E-state index contributed by atoms with van der Waals surface area (Å²) in [5, 5.41) is 11.9. The molecule has 3 aromatic heterocycles. The SMILES string of the molecule is CC1C/C=C(\c2cc3oc4ccccc4c3cc2-n2c3ccccc3c3cc4ccccc4cc32)N=C(c2ccc3ccccc3c2)N=C1c1ccc2sc3ccccc3c2c1. The van der Waals surface area contributed by atoms with E-state index in [-0.39, 0.29) is 5.92 Å². The fraction of sp³-hybridized carbons (Fsp3) is 0.0526. The van der Waals surface area contributed by atoms with Crippen LogP contribution < -0.4 is 0 Å². The summed E-state index contributed by atoms with van der Waals surface area (Å²) in [5.74, 6) is 0.777. The maximum Gasteiger partial charge on any atom is 0.160 e. The first-order chi connectivity index (χ1) is 30.6. The van der Waals surface area contributed by atoms with Gasteiger partial charge >= 0.3 is 0 Å². The van der Waals surface area contributed by atoms with Gasteiger partial charge in [0.15, 0.2) is 5.84 Å². The number of amidine groups is 1. The smallest absolute Gasteiger partial charge is 0.160 e. The zero-order valence-electron chi connectivity index (χ0n) is 33.8. The van der Waals surface area contributed by atoms with Crippen LogP contribution in [0.3, 0.4) is 0 Å². The van der Waals surface area contributed by atoms with E-state index in [4.69, 9.17) is 14.4 Å². The standard InChI is InChI=1S/C57H37N3OS/c1-34-22-26-48(58-57(40-24-23-35-12-2-3-13-36(35)28-40)59-56(34)39-25-27-55-46(30-39)43-18-8-11-21-54(43)62-55)47-33-53-45(42-17-7-10-20-52(42)61-53)32-51(47)60-49-19-9-6-16-41(49)44-29-37-14-4-5-15-38(37)31-50(44)60/h2-21,23-34H,22H2,1H3/b48-26+,58-57?,59-56?. The number of benzene rings is 9. The Labute approximate surface area is 361 Å². The van der Waals surface area contributed by atoms with Crippen molar-refractivity contribution in [2.75, 3.05) is 0 Å². The van der Waals surface area contributed by atoms with E-state index in [9.17, 15) is 0 Å². The number of aliphatic imine (C=N–C) groups is 2. The lowest BCUT2D eigenvalue weighted by Crippen LogP contribution is -2.17. The molecule has 0 saturated carbocycles. The average molecular weight is 812 g/mol. The lowest BCUT2D eigenvalue weighted by atomic mass is 9.92. The molecule has 0 spiro atoms. The highest BCUT2D eigenvalue weighted by Crippen LogP contribution is 2.42. The molecule has 0 bridgehead atoms. The van der Waals surface area contributed by atoms with Crippen molar-refractivity contribution in [3.05, 3.63) is 205 Å². The molecule has 1 atom stereocenters. The lowest BCUT2D eigenvalue weighted by molar-refractivity contribution is 0.668. The Hall–Kier alpha value is -7.60. The van der Waals surface area contributed by atoms with Crippen molar-refractivity contribution in [1.29, 1.82) is 0 Å². The molecule has 9 aromatic carbocycles. The maximum atomic E-state index is 6.65. The number of hydrogen-bond donors (Lipinski definition) is 0. The molecule has 0 amide bonds. The molecule has 0 fully saturated rings. The van der Waals surface area contributed by atoms with E-state index < -0.39 is 0 Å². The third-order valence-electron chi connectivity index (χ3n) is 12.8. The van der Waals surface area contributed by atoms with Crippen LogP contribution in [0.25, 0.3) is 96.8 Å². The number of furan rings is 1. The van der Waals surface area contributed by atoms with Gasteiger partial charge < -0.3 is 8.98 Å². The van der Waals surface area contributed by atoms with Gasteiger partial charge in [0.25, 0.3) is 0 Å². The van der Waals surface area contributed by atoms with Crippen molar-refractivity contribution in [3.8, 4) is 5.69 Å². The minimum Gasteiger partial charge on any atom is -0.456 e. The first-order valence-electron chi connectivity index (χ1n) is 21.3. The van der Waals surface area contributed by atoms with Crippen molar-refractivity contribution in [1.82, 2.24) is 4.57 Å². The zero-order valence-corrected chi connectivity index (χ0v) is 34.7. The maximum absolute atomic E-state index is 6.65. The summed E-state index contributed by atoms with van der Waals surface area (Å²) >= 11 is 1.84. The molecule has 13 rings (SSSR count). The zero-order chi connectivity index (χ0) is 40.9. The summed E-state index contributed by atoms with van der Waals surface area (Å²) in [7, 11) is 0. The second-order valence-electron chi connectivity index (χ2n) is 16.6. The number of rotatable bonds is 4. The third kappa shape index (κ3) is 5.52. The number of para-hydroxylation sites is 2. The van der Waals surface area contributed by atoms with Gasteiger partial charge in [-0.2, -0.15) is 0 Å². The molecule has 0 radical (unpaired) electrons. The Balaban J connectivity index is 1.09. The molecular weight excluding hydrogens is 775 g/mol. The number of thiophene rings is 1. The van der Waals surface area contributed by atoms with E-state index >= 15 is 0 Å². The third-order valence-corrected chi connectivity index (χ3v) is 14.0. The van der Waals surface area contributed by atoms with Crippen LogP contribution in [-0.2, 0) is 0 Å². The van der Waals surface area contributed by atoms with E-state index in [0.29, 0.717) is 5.84 Å². The van der Waals surface area contributed by atoms with Gasteiger partial charge in [0.1, 0.15) is 11.2 Å². The van der Waals surface area contributed by atoms with Gasteiger partial charge in [0.05, 0.1) is 28.1 Å². The molecular formula is C57H37N3OS. The van der Waals surface area contributed by atoms with Gasteiger partial charge in [-0.05, 0) is 94.2 Å². The van der Waals surface area contributed by atoms with Crippen LogP contribution in [-0.4, -0.2) is 16.1 Å². The second kappa shape index (κ2) is 13.7. The highest BCUT2D eigenvalue weighted by molar-refractivity contribution is 7.25. The van der Waals surface area contributed by atoms with Crippen molar-refractivity contribution in [2.24, 2.45) is 15.9 Å². The minimum absolute atomic E-state index is 0.0938. The first-order valence-corrected chi connectivity index (χ1v) is 22.1. The fourth-order valence-corrected chi connectivity index (χ4v) is 10.8. The summed E-state index contributed by atoms with van der Waals surface area (Å²) < 4.78 is 11.7. The molecule has 0 saturated heterocycles. The number of hydrogen-bond acceptors (Lipinski definition) is 4. The van der Waals surface area contributed by atoms with Gasteiger partial charge in [-0.1, -0.05) is 134 Å². The fourth-order valence-electron chi connectivity index (χ4n) is 9.74. The van der Waals surface area contributed by atoms with Crippen LogP contribution in [0.5, 0.6) is 0 Å². The van der Waals surface area contributed by atoms with Gasteiger partial charge in [-0.25, -0.2) is 9.98 Å².